The number of nitrogens with one attached hydrogen (secondary N) is 2. The zero-order chi connectivity index (χ0) is 20.7. The summed E-state index contributed by atoms with van der Waals surface area (Å²) in [6.07, 6.45) is 2.86. The van der Waals surface area contributed by atoms with Gasteiger partial charge in [0, 0.05) is 76.0 Å². The van der Waals surface area contributed by atoms with Crippen molar-refractivity contribution in [2.24, 2.45) is 0 Å². The molecular formula is C22H48N6. The van der Waals surface area contributed by atoms with Gasteiger partial charge in [-0.2, -0.15) is 0 Å². The molecule has 4 aliphatic rings. The second-order valence-electron chi connectivity index (χ2n) is 9.88. The summed E-state index contributed by atoms with van der Waals surface area (Å²) in [5, 5.41) is 6.89. The molecule has 4 fully saturated rings. The molecule has 0 spiro atoms. The zero-order valence-corrected chi connectivity index (χ0v) is 19.7. The van der Waals surface area contributed by atoms with Crippen LogP contribution in [0.2, 0.25) is 0 Å². The van der Waals surface area contributed by atoms with Crippen LogP contribution in [0.4, 0.5) is 0 Å². The van der Waals surface area contributed by atoms with Crippen molar-refractivity contribution >= 4 is 0 Å². The minimum absolute atomic E-state index is 0.666. The highest BCUT2D eigenvalue weighted by Crippen LogP contribution is 2.20. The van der Waals surface area contributed by atoms with Crippen LogP contribution in [-0.4, -0.2) is 123 Å². The van der Waals surface area contributed by atoms with Gasteiger partial charge in [-0.1, -0.05) is 0 Å². The maximum atomic E-state index is 3.47. The van der Waals surface area contributed by atoms with Gasteiger partial charge in [0.05, 0.1) is 0 Å². The normalized spacial score (nSPS) is 38.0. The van der Waals surface area contributed by atoms with E-state index in [1.54, 1.807) is 0 Å². The molecule has 4 aliphatic heterocycles. The van der Waals surface area contributed by atoms with E-state index in [2.05, 4.69) is 79.1 Å². The van der Waals surface area contributed by atoms with E-state index in [9.17, 15) is 0 Å². The molecule has 28 heavy (non-hydrogen) atoms. The van der Waals surface area contributed by atoms with E-state index in [1.807, 2.05) is 0 Å². The average Bonchev–Trinajstić information content (AvgIpc) is 3.06. The number of piperazine rings is 3. The standard InChI is InChI=1S/C8H16N2.2C7H16N2/c1-9-5-6-10-4-2-3-8(10)7-9;1-6-5-9(3)7(2)4-8-6;1-6-4-9(3)5-7(2)8-6/h8H,2-7H2,1H3;2*6-8H,4-5H2,1-3H3. The molecule has 4 heterocycles. The lowest BCUT2D eigenvalue weighted by molar-refractivity contribution is 0.124. The van der Waals surface area contributed by atoms with Crippen LogP contribution in [0.25, 0.3) is 0 Å². The van der Waals surface area contributed by atoms with Crippen LogP contribution in [0.1, 0.15) is 40.5 Å². The fourth-order valence-electron chi connectivity index (χ4n) is 4.95. The van der Waals surface area contributed by atoms with Gasteiger partial charge in [-0.05, 0) is 68.2 Å². The molecule has 6 heteroatoms. The predicted octanol–water partition coefficient (Wildman–Crippen LogP) is 0.993. The summed E-state index contributed by atoms with van der Waals surface area (Å²) in [6, 6.07) is 3.61. The number of likely N-dealkylation sites (N-methyl/N-ethyl adjacent to an activating group) is 3. The Kier molecular flexibility index (Phi) is 10.1. The lowest BCUT2D eigenvalue weighted by Crippen LogP contribution is -2.52. The van der Waals surface area contributed by atoms with Gasteiger partial charge in [0.25, 0.3) is 0 Å². The Balaban J connectivity index is 0.000000151. The second-order valence-corrected chi connectivity index (χ2v) is 9.88. The molecule has 4 rings (SSSR count). The van der Waals surface area contributed by atoms with Crippen molar-refractivity contribution in [1.29, 1.82) is 0 Å². The summed E-state index contributed by atoms with van der Waals surface area (Å²) in [7, 11) is 6.59. The van der Waals surface area contributed by atoms with Crippen molar-refractivity contribution in [2.75, 3.05) is 73.5 Å². The molecule has 0 saturated carbocycles. The van der Waals surface area contributed by atoms with Gasteiger partial charge >= 0.3 is 0 Å². The monoisotopic (exact) mass is 396 g/mol. The van der Waals surface area contributed by atoms with E-state index in [0.717, 1.165) is 12.6 Å². The molecule has 0 aromatic rings. The molecule has 0 radical (unpaired) electrons. The molecule has 4 saturated heterocycles. The van der Waals surface area contributed by atoms with Gasteiger partial charge in [-0.15, -0.1) is 0 Å². The Morgan fingerprint density at radius 3 is 1.96 bits per heavy atom. The van der Waals surface area contributed by atoms with Gasteiger partial charge in [-0.25, -0.2) is 0 Å². The molecule has 5 atom stereocenters. The van der Waals surface area contributed by atoms with Crippen LogP contribution in [0.3, 0.4) is 0 Å². The average molecular weight is 397 g/mol. The maximum absolute atomic E-state index is 3.47. The third kappa shape index (κ3) is 8.25. The molecular weight excluding hydrogens is 348 g/mol. The molecule has 6 nitrogen and oxygen atoms in total. The summed E-state index contributed by atoms with van der Waals surface area (Å²) in [6.45, 7) is 18.9. The first-order valence-electron chi connectivity index (χ1n) is 11.6. The molecule has 0 aliphatic carbocycles. The van der Waals surface area contributed by atoms with Crippen LogP contribution >= 0.6 is 0 Å². The lowest BCUT2D eigenvalue weighted by Gasteiger charge is -2.35. The predicted molar refractivity (Wildman–Crippen MR) is 121 cm³/mol. The third-order valence-electron chi connectivity index (χ3n) is 6.61. The van der Waals surface area contributed by atoms with Crippen LogP contribution in [0.5, 0.6) is 0 Å². The molecule has 0 aromatic carbocycles. The highest BCUT2D eigenvalue weighted by atomic mass is 15.3. The van der Waals surface area contributed by atoms with E-state index < -0.39 is 0 Å². The fourth-order valence-corrected chi connectivity index (χ4v) is 4.95. The van der Waals surface area contributed by atoms with Gasteiger partial charge in [-0.3, -0.25) is 4.90 Å². The van der Waals surface area contributed by atoms with Gasteiger partial charge in [0.1, 0.15) is 0 Å². The van der Waals surface area contributed by atoms with Crippen LogP contribution in [-0.2, 0) is 0 Å². The number of rotatable bonds is 0. The van der Waals surface area contributed by atoms with E-state index in [-0.39, 0.29) is 0 Å². The molecule has 166 valence electrons. The van der Waals surface area contributed by atoms with E-state index in [1.165, 1.54) is 58.7 Å². The summed E-state index contributed by atoms with van der Waals surface area (Å²) >= 11 is 0. The van der Waals surface area contributed by atoms with Crippen molar-refractivity contribution in [3.05, 3.63) is 0 Å². The minimum Gasteiger partial charge on any atom is -0.311 e. The Morgan fingerprint density at radius 2 is 1.39 bits per heavy atom. The Morgan fingerprint density at radius 1 is 0.714 bits per heavy atom. The minimum atomic E-state index is 0.666. The molecule has 5 unspecified atom stereocenters. The van der Waals surface area contributed by atoms with Gasteiger partial charge < -0.3 is 25.3 Å². The molecule has 0 aromatic heterocycles. The van der Waals surface area contributed by atoms with Gasteiger partial charge in [0.2, 0.25) is 0 Å². The smallest absolute Gasteiger partial charge is 0.0224 e. The topological polar surface area (TPSA) is 37.0 Å². The first-order chi connectivity index (χ1) is 13.2. The molecule has 0 amide bonds. The Bertz CT molecular complexity index is 408. The summed E-state index contributed by atoms with van der Waals surface area (Å²) in [5.74, 6) is 0. The van der Waals surface area contributed by atoms with Crippen molar-refractivity contribution in [3.8, 4) is 0 Å². The van der Waals surface area contributed by atoms with Crippen molar-refractivity contribution in [3.63, 3.8) is 0 Å². The SMILES string of the molecule is CC1CN(C)C(C)CN1.CC1CN(C)CC(C)N1.CN1CCN2CCCC2C1. The highest BCUT2D eigenvalue weighted by Gasteiger charge is 2.28. The van der Waals surface area contributed by atoms with Crippen molar-refractivity contribution < 1.29 is 0 Å². The summed E-state index contributed by atoms with van der Waals surface area (Å²) in [4.78, 5) is 9.85. The number of hydrogen-bond acceptors (Lipinski definition) is 6. The molecule has 0 bridgehead atoms. The summed E-state index contributed by atoms with van der Waals surface area (Å²) < 4.78 is 0. The highest BCUT2D eigenvalue weighted by molar-refractivity contribution is 4.85. The van der Waals surface area contributed by atoms with E-state index in [4.69, 9.17) is 0 Å². The zero-order valence-electron chi connectivity index (χ0n) is 19.7. The quantitative estimate of drug-likeness (QED) is 0.636. The first kappa shape index (κ1) is 24.0. The first-order valence-corrected chi connectivity index (χ1v) is 11.6. The van der Waals surface area contributed by atoms with E-state index >= 15 is 0 Å². The van der Waals surface area contributed by atoms with Crippen molar-refractivity contribution in [1.82, 2.24) is 30.2 Å². The Hall–Kier alpha value is -0.240. The number of fused-ring (bicyclic) bond motifs is 1. The van der Waals surface area contributed by atoms with Gasteiger partial charge in [0.15, 0.2) is 0 Å². The molecule has 2 N–H and O–H groups in total. The van der Waals surface area contributed by atoms with Crippen LogP contribution in [0.15, 0.2) is 0 Å². The number of nitrogens with zero attached hydrogens (tertiary/aromatic N) is 4. The largest absolute Gasteiger partial charge is 0.311 e. The van der Waals surface area contributed by atoms with E-state index in [0.29, 0.717) is 24.2 Å². The lowest BCUT2D eigenvalue weighted by atomic mass is 10.2. The van der Waals surface area contributed by atoms with Crippen LogP contribution in [0, 0.1) is 0 Å². The fraction of sp³-hybridized carbons (Fsp3) is 1.00. The second kappa shape index (κ2) is 11.8. The Labute approximate surface area is 175 Å². The third-order valence-corrected chi connectivity index (χ3v) is 6.61. The van der Waals surface area contributed by atoms with Crippen molar-refractivity contribution in [2.45, 2.75) is 70.7 Å². The van der Waals surface area contributed by atoms with Crippen LogP contribution < -0.4 is 10.6 Å². The maximum Gasteiger partial charge on any atom is 0.0224 e. The summed E-state index contributed by atoms with van der Waals surface area (Å²) in [5.41, 5.74) is 0. The number of hydrogen-bond donors (Lipinski definition) is 2.